The minimum Gasteiger partial charge on any atom is -0.456 e. The Morgan fingerprint density at radius 3 is 0.772 bits per heavy atom. The number of nitrogens with zero attached hydrogens (tertiary/aromatic N) is 6. The van der Waals surface area contributed by atoms with E-state index in [1.165, 1.54) is 208 Å². The molecule has 9 nitrogen and oxygen atoms in total. The quantitative estimate of drug-likeness (QED) is 0.137. The van der Waals surface area contributed by atoms with Crippen LogP contribution in [0.1, 0.15) is 0 Å². The van der Waals surface area contributed by atoms with Gasteiger partial charge in [0.25, 0.3) is 0 Å². The monoisotopic (exact) mass is 1900 g/mol. The third-order valence-corrected chi connectivity index (χ3v) is 31.1. The van der Waals surface area contributed by atoms with Crippen LogP contribution >= 0.6 is 0 Å². The van der Waals surface area contributed by atoms with E-state index in [1.807, 2.05) is 36.4 Å². The summed E-state index contributed by atoms with van der Waals surface area (Å²) in [5.74, 6) is 0. The maximum absolute atomic E-state index is 6.30. The summed E-state index contributed by atoms with van der Waals surface area (Å²) in [6.07, 6.45) is 0. The Morgan fingerprint density at radius 1 is 0.107 bits per heavy atom. The van der Waals surface area contributed by atoms with Gasteiger partial charge in [0.1, 0.15) is 33.5 Å². The second-order valence-corrected chi connectivity index (χ2v) is 39.3. The molecule has 9 heteroatoms. The number of fused-ring (bicyclic) bond motifs is 29. The zero-order valence-electron chi connectivity index (χ0n) is 80.6. The van der Waals surface area contributed by atoms with Crippen molar-refractivity contribution in [2.45, 2.75) is 0 Å². The lowest BCUT2D eigenvalue weighted by Crippen LogP contribution is -1.95. The molecule has 0 amide bonds. The first-order valence-electron chi connectivity index (χ1n) is 51.0. The highest BCUT2D eigenvalue weighted by Crippen LogP contribution is 2.48. The van der Waals surface area contributed by atoms with Crippen LogP contribution in [-0.2, 0) is 0 Å². The molecule has 149 heavy (non-hydrogen) atoms. The van der Waals surface area contributed by atoms with Crippen LogP contribution in [0.4, 0.5) is 0 Å². The highest BCUT2D eigenvalue weighted by molar-refractivity contribution is 6.19. The van der Waals surface area contributed by atoms with Gasteiger partial charge in [0.15, 0.2) is 0 Å². The van der Waals surface area contributed by atoms with Crippen LogP contribution in [0, 0.1) is 0 Å². The molecule has 0 radical (unpaired) electrons. The summed E-state index contributed by atoms with van der Waals surface area (Å²) < 4.78 is 33.2. The molecule has 0 fully saturated rings. The Hall–Kier alpha value is -20.0. The Kier molecular flexibility index (Phi) is 18.7. The van der Waals surface area contributed by atoms with Crippen molar-refractivity contribution in [3.8, 4) is 78.6 Å². The van der Waals surface area contributed by atoms with E-state index in [9.17, 15) is 0 Å². The fourth-order valence-electron chi connectivity index (χ4n) is 24.3. The van der Waals surface area contributed by atoms with Gasteiger partial charge in [0, 0.05) is 149 Å². The third kappa shape index (κ3) is 13.3. The zero-order valence-corrected chi connectivity index (χ0v) is 80.6. The molecule has 0 aliphatic rings. The van der Waals surface area contributed by atoms with Crippen molar-refractivity contribution < 1.29 is 13.3 Å². The van der Waals surface area contributed by atoms with Crippen LogP contribution in [0.15, 0.2) is 535 Å². The number of furan rings is 3. The summed E-state index contributed by atoms with van der Waals surface area (Å²) in [5.41, 5.74) is 36.1. The standard InChI is InChI=1S/C48H30N2O.2C46H28N2O/c1-2-10-31(11-3-1)32-18-22-35(23-19-32)49-43-15-7-4-12-37(43)39-25-20-34(29-46(39)49)33-21-27-45-42(28-33)38-13-5-8-16-44(38)50(45)36-24-26-41-40-14-6-9-17-47(40)51-48(41)30-36;1-2-12-33-29(10-1)11-9-18-40(33)48-42-17-7-3-13-34(42)36-23-20-31(27-44(36)48)30-21-25-43-39(26-30)35-14-4-6-16-41(35)47(43)32-22-24-38-37-15-5-8-19-45(37)49-46(38)28-32;1-2-10-30-25-33(20-17-29(30)9-1)48-41-14-6-3-11-35(41)37-22-18-32(27-44(37)48)31-19-24-43-40(26-31)36-12-4-7-15-42(36)47(43)34-21-23-39-38-13-5-8-16-45(38)49-46(39)28-34/h1-30H;2*1-28H. The first-order chi connectivity index (χ1) is 73.9. The van der Waals surface area contributed by atoms with Crippen molar-refractivity contribution in [3.05, 3.63) is 522 Å². The van der Waals surface area contributed by atoms with Crippen LogP contribution in [0.3, 0.4) is 0 Å². The lowest BCUT2D eigenvalue weighted by atomic mass is 10.0. The molecule has 0 unspecified atom stereocenters. The highest BCUT2D eigenvalue weighted by atomic mass is 16.3. The van der Waals surface area contributed by atoms with Gasteiger partial charge in [-0.1, -0.05) is 328 Å². The van der Waals surface area contributed by atoms with Crippen molar-refractivity contribution in [2.24, 2.45) is 0 Å². The maximum Gasteiger partial charge on any atom is 0.137 e. The molecule has 0 aliphatic carbocycles. The summed E-state index contributed by atoms with van der Waals surface area (Å²) in [7, 11) is 0. The van der Waals surface area contributed by atoms with Crippen LogP contribution < -0.4 is 0 Å². The van der Waals surface area contributed by atoms with Gasteiger partial charge < -0.3 is 40.7 Å². The van der Waals surface area contributed by atoms with Gasteiger partial charge in [0.05, 0.1) is 71.9 Å². The van der Waals surface area contributed by atoms with E-state index in [0.717, 1.165) is 88.6 Å². The summed E-state index contributed by atoms with van der Waals surface area (Å²) >= 11 is 0. The molecule has 0 saturated carbocycles. The first kappa shape index (κ1) is 83.6. The van der Waals surface area contributed by atoms with Crippen molar-refractivity contribution in [2.75, 3.05) is 0 Å². The third-order valence-electron chi connectivity index (χ3n) is 31.1. The fourth-order valence-corrected chi connectivity index (χ4v) is 24.3. The minimum absolute atomic E-state index is 0.898. The number of rotatable bonds is 10. The lowest BCUT2D eigenvalue weighted by Gasteiger charge is -2.12. The maximum atomic E-state index is 6.30. The number of hydrogen-bond donors (Lipinski definition) is 0. The van der Waals surface area contributed by atoms with Crippen molar-refractivity contribution in [1.29, 1.82) is 0 Å². The highest BCUT2D eigenvalue weighted by Gasteiger charge is 2.25. The predicted octanol–water partition coefficient (Wildman–Crippen LogP) is 38.3. The molecule has 694 valence electrons. The van der Waals surface area contributed by atoms with E-state index in [1.54, 1.807) is 0 Å². The number of hydrogen-bond acceptors (Lipinski definition) is 3. The second-order valence-electron chi connectivity index (χ2n) is 39.3. The summed E-state index contributed by atoms with van der Waals surface area (Å²) in [4.78, 5) is 0. The average Bonchev–Trinajstić information content (AvgIpc) is 1.59. The van der Waals surface area contributed by atoms with Gasteiger partial charge in [0.2, 0.25) is 0 Å². The largest absolute Gasteiger partial charge is 0.456 e. The van der Waals surface area contributed by atoms with Crippen LogP contribution in [0.25, 0.3) is 297 Å². The molecule has 0 bridgehead atoms. The van der Waals surface area contributed by atoms with Crippen molar-refractivity contribution in [3.63, 3.8) is 0 Å². The average molecular weight is 1900 g/mol. The van der Waals surface area contributed by atoms with Crippen molar-refractivity contribution in [1.82, 2.24) is 27.4 Å². The predicted molar refractivity (Wildman–Crippen MR) is 624 cm³/mol. The fraction of sp³-hybridized carbons (Fsp3) is 0. The molecule has 0 N–H and O–H groups in total. The molecular formula is C140H86N6O3. The summed E-state index contributed by atoms with van der Waals surface area (Å²) in [5, 5.41) is 26.7. The molecular weight excluding hydrogens is 1810 g/mol. The zero-order chi connectivity index (χ0) is 97.6. The molecule has 24 aromatic carbocycles. The Bertz CT molecular complexity index is 11400. The topological polar surface area (TPSA) is 69.0 Å². The SMILES string of the molecule is c1ccc(-c2ccc(-n3c4ccccc4c4ccc(-c5ccc6c(c5)c5ccccc5n6-c5ccc6c(c5)oc5ccccc56)cc43)cc2)cc1.c1ccc2c(-n3c4ccccc4c4ccc(-c5ccc6c(c5)c5ccccc5n6-c5ccc6c(c5)oc5ccccc56)cc43)cccc2c1.c1ccc2cc(-n3c4ccccc4c4ccc(-c5ccc6c(c5)c5ccccc5n6-c5ccc6c(c5)oc5ccccc56)cc43)ccc2c1. The van der Waals surface area contributed by atoms with Gasteiger partial charge in [-0.3, -0.25) is 0 Å². The van der Waals surface area contributed by atoms with Gasteiger partial charge in [-0.2, -0.15) is 0 Å². The van der Waals surface area contributed by atoms with Crippen molar-refractivity contribution >= 4 is 218 Å². The smallest absolute Gasteiger partial charge is 0.137 e. The van der Waals surface area contributed by atoms with E-state index >= 15 is 0 Å². The Morgan fingerprint density at radius 2 is 0.356 bits per heavy atom. The first-order valence-corrected chi connectivity index (χ1v) is 51.0. The summed E-state index contributed by atoms with van der Waals surface area (Å²) in [6, 6.07) is 188. The van der Waals surface area contributed by atoms with Crippen LogP contribution in [0.2, 0.25) is 0 Å². The van der Waals surface area contributed by atoms with E-state index in [2.05, 4.69) is 513 Å². The molecule has 9 heterocycles. The molecule has 0 atom stereocenters. The molecule has 0 saturated heterocycles. The van der Waals surface area contributed by atoms with Crippen LogP contribution in [0.5, 0.6) is 0 Å². The van der Waals surface area contributed by atoms with Gasteiger partial charge in [-0.05, 0) is 237 Å². The number of aromatic nitrogens is 6. The number of benzene rings is 24. The molecule has 33 rings (SSSR count). The molecule has 0 spiro atoms. The van der Waals surface area contributed by atoms with Gasteiger partial charge in [-0.15, -0.1) is 0 Å². The van der Waals surface area contributed by atoms with E-state index in [-0.39, 0.29) is 0 Å². The lowest BCUT2D eigenvalue weighted by molar-refractivity contribution is 0.668. The normalized spacial score (nSPS) is 12.0. The van der Waals surface area contributed by atoms with E-state index in [4.69, 9.17) is 13.3 Å². The van der Waals surface area contributed by atoms with Crippen LogP contribution in [-0.4, -0.2) is 27.4 Å². The Balaban J connectivity index is 0.000000101. The molecule has 9 aromatic heterocycles. The second kappa shape index (κ2) is 33.3. The minimum atomic E-state index is 0.898. The Labute approximate surface area is 853 Å². The number of para-hydroxylation sites is 9. The molecule has 0 aliphatic heterocycles. The molecule has 33 aromatic rings. The summed E-state index contributed by atoms with van der Waals surface area (Å²) in [6.45, 7) is 0. The van der Waals surface area contributed by atoms with E-state index < -0.39 is 0 Å². The van der Waals surface area contributed by atoms with E-state index in [0.29, 0.717) is 0 Å². The van der Waals surface area contributed by atoms with Gasteiger partial charge >= 0.3 is 0 Å². The van der Waals surface area contributed by atoms with Gasteiger partial charge in [-0.25, -0.2) is 0 Å².